The van der Waals surface area contributed by atoms with E-state index in [1.165, 1.54) is 0 Å². The number of methoxy groups -OCH3 is 2. The van der Waals surface area contributed by atoms with Gasteiger partial charge in [0.15, 0.2) is 11.5 Å². The minimum atomic E-state index is -0.556. The highest BCUT2D eigenvalue weighted by molar-refractivity contribution is 5.76. The number of carbonyl (C=O) groups excluding carboxylic acids is 3. The molecule has 12 nitrogen and oxygen atoms in total. The van der Waals surface area contributed by atoms with Crippen LogP contribution in [0.15, 0.2) is 18.2 Å². The van der Waals surface area contributed by atoms with E-state index >= 15 is 0 Å². The number of benzene rings is 1. The molecule has 0 atom stereocenters. The van der Waals surface area contributed by atoms with E-state index in [0.717, 1.165) is 51.0 Å². The molecule has 0 radical (unpaired) electrons. The molecule has 4 N–H and O–H groups in total. The van der Waals surface area contributed by atoms with Crippen molar-refractivity contribution in [2.45, 2.75) is 91.3 Å². The average molecular weight is 638 g/mol. The first-order chi connectivity index (χ1) is 21.2. The third kappa shape index (κ3) is 20.4. The third-order valence-electron chi connectivity index (χ3n) is 6.39. The van der Waals surface area contributed by atoms with E-state index < -0.39 is 17.3 Å². The van der Waals surface area contributed by atoms with Gasteiger partial charge < -0.3 is 45.1 Å². The van der Waals surface area contributed by atoms with E-state index in [0.29, 0.717) is 56.9 Å². The molecule has 12 heteroatoms. The summed E-state index contributed by atoms with van der Waals surface area (Å²) in [4.78, 5) is 38.7. The van der Waals surface area contributed by atoms with Crippen LogP contribution >= 0.6 is 0 Å². The summed E-state index contributed by atoms with van der Waals surface area (Å²) in [6, 6.07) is 5.70. The molecule has 0 fully saturated rings. The van der Waals surface area contributed by atoms with E-state index in [-0.39, 0.29) is 12.0 Å². The molecule has 45 heavy (non-hydrogen) atoms. The predicted molar refractivity (Wildman–Crippen MR) is 177 cm³/mol. The van der Waals surface area contributed by atoms with Crippen LogP contribution in [0.1, 0.15) is 79.2 Å². The smallest absolute Gasteiger partial charge is 0.407 e. The summed E-state index contributed by atoms with van der Waals surface area (Å²) < 4.78 is 21.2. The zero-order valence-electron chi connectivity index (χ0n) is 28.9. The van der Waals surface area contributed by atoms with Gasteiger partial charge in [-0.3, -0.25) is 4.79 Å². The number of rotatable bonds is 21. The van der Waals surface area contributed by atoms with Crippen molar-refractivity contribution in [1.29, 1.82) is 0 Å². The lowest BCUT2D eigenvalue weighted by Gasteiger charge is -2.24. The van der Waals surface area contributed by atoms with Gasteiger partial charge in [0, 0.05) is 32.6 Å². The van der Waals surface area contributed by atoms with Crippen LogP contribution in [0.3, 0.4) is 0 Å². The Hall–Kier alpha value is -3.25. The number of nitrogens with one attached hydrogen (secondary N) is 4. The van der Waals surface area contributed by atoms with Crippen LogP contribution in [-0.4, -0.2) is 101 Å². The Kier molecular flexibility index (Phi) is 19.0. The van der Waals surface area contributed by atoms with Crippen LogP contribution in [0.2, 0.25) is 0 Å². The van der Waals surface area contributed by atoms with Crippen LogP contribution in [0, 0.1) is 0 Å². The van der Waals surface area contributed by atoms with E-state index in [9.17, 15) is 14.4 Å². The summed E-state index contributed by atoms with van der Waals surface area (Å²) in [5, 5.41) is 12.4. The molecule has 0 heterocycles. The maximum Gasteiger partial charge on any atom is 0.407 e. The van der Waals surface area contributed by atoms with Gasteiger partial charge in [-0.15, -0.1) is 0 Å². The zero-order chi connectivity index (χ0) is 33.7. The molecule has 1 aromatic rings. The lowest BCUT2D eigenvalue weighted by atomic mass is 10.1. The van der Waals surface area contributed by atoms with Crippen molar-refractivity contribution in [2.24, 2.45) is 0 Å². The maximum atomic E-state index is 13.2. The molecule has 0 unspecified atom stereocenters. The number of ether oxygens (including phenoxy) is 4. The highest BCUT2D eigenvalue weighted by Crippen LogP contribution is 2.28. The normalized spacial score (nSPS) is 11.5. The van der Waals surface area contributed by atoms with E-state index in [4.69, 9.17) is 18.9 Å². The first-order valence-electron chi connectivity index (χ1n) is 16.1. The Morgan fingerprint density at radius 2 is 1.13 bits per heavy atom. The van der Waals surface area contributed by atoms with Gasteiger partial charge in [-0.25, -0.2) is 9.59 Å². The number of aryl methyl sites for hydroxylation is 1. The molecule has 0 aliphatic rings. The highest BCUT2D eigenvalue weighted by Gasteiger charge is 2.17. The van der Waals surface area contributed by atoms with Gasteiger partial charge in [-0.05, 0) is 118 Å². The highest BCUT2D eigenvalue weighted by atomic mass is 16.6. The number of hydrogen-bond acceptors (Lipinski definition) is 9. The van der Waals surface area contributed by atoms with Gasteiger partial charge >= 0.3 is 12.2 Å². The Labute approximate surface area is 270 Å². The van der Waals surface area contributed by atoms with Gasteiger partial charge in [-0.2, -0.15) is 0 Å². The minimum absolute atomic E-state index is 0.0763. The molecule has 1 aromatic carbocycles. The minimum Gasteiger partial charge on any atom is -0.493 e. The Morgan fingerprint density at radius 3 is 1.64 bits per heavy atom. The van der Waals surface area contributed by atoms with Crippen molar-refractivity contribution in [1.82, 2.24) is 26.2 Å². The molecule has 0 aliphatic heterocycles. The number of nitrogens with zero attached hydrogens (tertiary/aromatic N) is 1. The Balaban J connectivity index is 2.39. The second-order valence-electron chi connectivity index (χ2n) is 12.8. The molecular formula is C33H59N5O7. The summed E-state index contributed by atoms with van der Waals surface area (Å²) >= 11 is 0. The number of carbonyl (C=O) groups is 3. The summed E-state index contributed by atoms with van der Waals surface area (Å²) in [5.41, 5.74) is -0.0429. The standard InChI is InChI=1S/C33H59N5O7/c1-32(2,3)44-30(40)36-21-10-19-34-17-9-18-35-20-11-23-38(24-12-22-37-31(41)45-33(4,5)6)29(39)16-14-26-13-15-27(42-7)28(25-26)43-8/h13,15,25,34-35H,9-12,14,16-24H2,1-8H3,(H,36,40)(H,37,41). The summed E-state index contributed by atoms with van der Waals surface area (Å²) in [6.45, 7) is 16.6. The van der Waals surface area contributed by atoms with Crippen molar-refractivity contribution in [3.05, 3.63) is 23.8 Å². The van der Waals surface area contributed by atoms with Gasteiger partial charge in [-0.1, -0.05) is 6.07 Å². The molecule has 0 saturated heterocycles. The van der Waals surface area contributed by atoms with Gasteiger partial charge in [0.2, 0.25) is 5.91 Å². The van der Waals surface area contributed by atoms with E-state index in [1.54, 1.807) is 14.2 Å². The topological polar surface area (TPSA) is 139 Å². The maximum absolute atomic E-state index is 13.2. The first kappa shape index (κ1) is 39.8. The van der Waals surface area contributed by atoms with Gasteiger partial charge in [0.25, 0.3) is 0 Å². The average Bonchev–Trinajstić information content (AvgIpc) is 2.95. The fourth-order valence-corrected chi connectivity index (χ4v) is 4.28. The van der Waals surface area contributed by atoms with Crippen LogP contribution in [-0.2, 0) is 20.7 Å². The third-order valence-corrected chi connectivity index (χ3v) is 6.39. The molecule has 0 aromatic heterocycles. The van der Waals surface area contributed by atoms with Crippen molar-refractivity contribution in [3.8, 4) is 11.5 Å². The molecule has 0 aliphatic carbocycles. The van der Waals surface area contributed by atoms with Crippen molar-refractivity contribution in [2.75, 3.05) is 66.6 Å². The van der Waals surface area contributed by atoms with E-state index in [2.05, 4.69) is 21.3 Å². The Bertz CT molecular complexity index is 1010. The van der Waals surface area contributed by atoms with E-state index in [1.807, 2.05) is 64.6 Å². The molecule has 0 bridgehead atoms. The number of alkyl carbamates (subject to hydrolysis) is 2. The molecular weight excluding hydrogens is 578 g/mol. The SMILES string of the molecule is COc1ccc(CCC(=O)N(CCCNCCCNCCCNC(=O)OC(C)(C)C)CCCNC(=O)OC(C)(C)C)cc1OC. The molecule has 0 spiro atoms. The molecule has 1 rings (SSSR count). The first-order valence-corrected chi connectivity index (χ1v) is 16.1. The number of amides is 3. The van der Waals surface area contributed by atoms with Crippen LogP contribution in [0.25, 0.3) is 0 Å². The van der Waals surface area contributed by atoms with Crippen LogP contribution in [0.4, 0.5) is 9.59 Å². The Morgan fingerprint density at radius 1 is 0.667 bits per heavy atom. The lowest BCUT2D eigenvalue weighted by Crippen LogP contribution is -2.37. The predicted octanol–water partition coefficient (Wildman–Crippen LogP) is 4.25. The largest absolute Gasteiger partial charge is 0.493 e. The zero-order valence-corrected chi connectivity index (χ0v) is 28.9. The second kappa shape index (κ2) is 21.5. The fourth-order valence-electron chi connectivity index (χ4n) is 4.28. The van der Waals surface area contributed by atoms with Crippen LogP contribution in [0.5, 0.6) is 11.5 Å². The summed E-state index contributed by atoms with van der Waals surface area (Å²) in [5.74, 6) is 1.37. The van der Waals surface area contributed by atoms with Crippen molar-refractivity contribution < 1.29 is 33.3 Å². The number of hydrogen-bond donors (Lipinski definition) is 4. The van der Waals surface area contributed by atoms with Crippen LogP contribution < -0.4 is 30.7 Å². The van der Waals surface area contributed by atoms with Crippen molar-refractivity contribution >= 4 is 18.1 Å². The summed E-state index contributed by atoms with van der Waals surface area (Å²) in [7, 11) is 3.19. The van der Waals surface area contributed by atoms with Crippen molar-refractivity contribution in [3.63, 3.8) is 0 Å². The fraction of sp³-hybridized carbons (Fsp3) is 0.727. The molecule has 258 valence electrons. The molecule has 0 saturated carbocycles. The summed E-state index contributed by atoms with van der Waals surface area (Å²) in [6.07, 6.45) is 3.39. The second-order valence-corrected chi connectivity index (χ2v) is 12.8. The van der Waals surface area contributed by atoms with Gasteiger partial charge in [0.1, 0.15) is 11.2 Å². The quantitative estimate of drug-likeness (QED) is 0.146. The lowest BCUT2D eigenvalue weighted by molar-refractivity contribution is -0.131. The molecule has 3 amide bonds. The van der Waals surface area contributed by atoms with Gasteiger partial charge in [0.05, 0.1) is 14.2 Å². The monoisotopic (exact) mass is 637 g/mol.